The van der Waals surface area contributed by atoms with Gasteiger partial charge < -0.3 is 4.74 Å². The number of H-pyrrole nitrogens is 1. The number of rotatable bonds is 3. The lowest BCUT2D eigenvalue weighted by Crippen LogP contribution is -2.40. The lowest BCUT2D eigenvalue weighted by molar-refractivity contribution is 0.0596. The number of hydrogen-bond donors (Lipinski definition) is 2. The van der Waals surface area contributed by atoms with E-state index in [1.54, 1.807) is 4.72 Å². The molecule has 2 aromatic rings. The molecular weight excluding hydrogens is 344 g/mol. The molecule has 0 aliphatic rings. The zero-order valence-corrected chi connectivity index (χ0v) is 13.3. The van der Waals surface area contributed by atoms with Crippen molar-refractivity contribution in [1.82, 2.24) is 19.1 Å². The van der Waals surface area contributed by atoms with E-state index < -0.39 is 38.3 Å². The second-order valence-electron chi connectivity index (χ2n) is 4.49. The highest BCUT2D eigenvalue weighted by atomic mass is 32.2. The fourth-order valence-electron chi connectivity index (χ4n) is 1.79. The molecule has 1 amide bonds. The summed E-state index contributed by atoms with van der Waals surface area (Å²) in [6, 6.07) is 3.62. The zero-order chi connectivity index (χ0) is 18.1. The summed E-state index contributed by atoms with van der Waals surface area (Å²) >= 11 is 0. The summed E-state index contributed by atoms with van der Waals surface area (Å²) in [5.74, 6) is -0.922. The first-order valence-electron chi connectivity index (χ1n) is 6.31. The van der Waals surface area contributed by atoms with Gasteiger partial charge in [-0.25, -0.2) is 42.0 Å². The third-order valence-electron chi connectivity index (χ3n) is 3.00. The van der Waals surface area contributed by atoms with Crippen LogP contribution in [0, 0.1) is 0 Å². The number of ether oxygens (including phenoxy) is 1. The van der Waals surface area contributed by atoms with E-state index >= 15 is 0 Å². The lowest BCUT2D eigenvalue weighted by Gasteiger charge is -2.09. The molecule has 11 nitrogen and oxygen atoms in total. The van der Waals surface area contributed by atoms with Crippen LogP contribution in [0.2, 0.25) is 0 Å². The van der Waals surface area contributed by atoms with Crippen molar-refractivity contribution in [2.24, 2.45) is 7.05 Å². The van der Waals surface area contributed by atoms with Crippen LogP contribution in [0.25, 0.3) is 0 Å². The quantitative estimate of drug-likeness (QED) is 0.643. The monoisotopic (exact) mass is 356 g/mol. The predicted octanol–water partition coefficient (Wildman–Crippen LogP) is -1.39. The number of aromatic nitrogens is 3. The molecule has 1 aromatic heterocycles. The minimum Gasteiger partial charge on any atom is -0.465 e. The van der Waals surface area contributed by atoms with Crippen molar-refractivity contribution in [1.29, 1.82) is 0 Å². The minimum absolute atomic E-state index is 0.195. The Hall–Kier alpha value is -3.15. The summed E-state index contributed by atoms with van der Waals surface area (Å²) in [5, 5.41) is 1.88. The molecule has 0 radical (unpaired) electrons. The zero-order valence-electron chi connectivity index (χ0n) is 12.5. The van der Waals surface area contributed by atoms with Crippen LogP contribution in [0.3, 0.4) is 0 Å². The second-order valence-corrected chi connectivity index (χ2v) is 6.14. The Morgan fingerprint density at radius 1 is 1.21 bits per heavy atom. The van der Waals surface area contributed by atoms with Gasteiger partial charge in [0.15, 0.2) is 0 Å². The topological polar surface area (TPSA) is 149 Å². The number of hydrogen-bond acceptors (Lipinski definition) is 7. The van der Waals surface area contributed by atoms with E-state index in [4.69, 9.17) is 0 Å². The van der Waals surface area contributed by atoms with Crippen molar-refractivity contribution < 1.29 is 22.7 Å². The number of sulfonamides is 1. The summed E-state index contributed by atoms with van der Waals surface area (Å²) < 4.78 is 31.5. The number of nitrogens with one attached hydrogen (secondary N) is 2. The fourth-order valence-corrected chi connectivity index (χ4v) is 2.92. The van der Waals surface area contributed by atoms with E-state index in [9.17, 15) is 27.6 Å². The molecule has 0 saturated carbocycles. The van der Waals surface area contributed by atoms with Crippen LogP contribution < -0.4 is 16.1 Å². The molecule has 2 N–H and O–H groups in total. The Kier molecular flexibility index (Phi) is 4.41. The summed E-state index contributed by atoms with van der Waals surface area (Å²) in [6.45, 7) is 0. The van der Waals surface area contributed by atoms with Gasteiger partial charge in [-0.1, -0.05) is 12.1 Å². The van der Waals surface area contributed by atoms with Crippen LogP contribution in [0.1, 0.15) is 10.4 Å². The van der Waals surface area contributed by atoms with E-state index in [2.05, 4.69) is 4.74 Å². The largest absolute Gasteiger partial charge is 0.465 e. The highest BCUT2D eigenvalue weighted by Crippen LogP contribution is 2.16. The standard InChI is InChI=1S/C12H12N4O7S/c1-15-10(18)13-16(12(15)20)11(19)14-24(21,22)8-6-4-3-5-7(8)9(17)23-2/h3-6H,1-2H3,(H,13,18)(H,14,19). The van der Waals surface area contributed by atoms with Crippen LogP contribution in [-0.2, 0) is 21.8 Å². The average molecular weight is 356 g/mol. The molecule has 0 fully saturated rings. The van der Waals surface area contributed by atoms with Crippen molar-refractivity contribution in [2.45, 2.75) is 4.90 Å². The molecular formula is C12H12N4O7S. The number of aromatic amines is 1. The van der Waals surface area contributed by atoms with Gasteiger partial charge in [0.2, 0.25) is 0 Å². The lowest BCUT2D eigenvalue weighted by atomic mass is 10.2. The smallest absolute Gasteiger partial charge is 0.358 e. The second kappa shape index (κ2) is 6.16. The van der Waals surface area contributed by atoms with Gasteiger partial charge in [-0.05, 0) is 12.1 Å². The molecule has 0 atom stereocenters. The Labute approximate surface area is 134 Å². The normalized spacial score (nSPS) is 11.1. The summed E-state index contributed by atoms with van der Waals surface area (Å²) in [5.41, 5.74) is -2.26. The van der Waals surface area contributed by atoms with E-state index in [0.717, 1.165) is 20.2 Å². The molecule has 128 valence electrons. The molecule has 1 aromatic carbocycles. The summed E-state index contributed by atoms with van der Waals surface area (Å²) in [7, 11) is -2.33. The number of nitrogens with zero attached hydrogens (tertiary/aromatic N) is 2. The van der Waals surface area contributed by atoms with Gasteiger partial charge in [-0.3, -0.25) is 0 Å². The third-order valence-corrected chi connectivity index (χ3v) is 4.38. The van der Waals surface area contributed by atoms with E-state index in [1.165, 1.54) is 18.2 Å². The van der Waals surface area contributed by atoms with Gasteiger partial charge >= 0.3 is 23.4 Å². The van der Waals surface area contributed by atoms with Crippen LogP contribution in [-0.4, -0.2) is 41.9 Å². The summed E-state index contributed by atoms with van der Waals surface area (Å²) in [6.07, 6.45) is 0. The first-order chi connectivity index (χ1) is 11.2. The van der Waals surface area contributed by atoms with Gasteiger partial charge in [0.05, 0.1) is 12.7 Å². The number of benzene rings is 1. The van der Waals surface area contributed by atoms with Gasteiger partial charge in [-0.2, -0.15) is 0 Å². The molecule has 0 bridgehead atoms. The molecule has 1 heterocycles. The Morgan fingerprint density at radius 2 is 1.83 bits per heavy atom. The van der Waals surface area contributed by atoms with Crippen LogP contribution in [0.15, 0.2) is 38.8 Å². The van der Waals surface area contributed by atoms with Gasteiger partial charge in [-0.15, -0.1) is 4.68 Å². The predicted molar refractivity (Wildman–Crippen MR) is 79.2 cm³/mol. The molecule has 0 saturated heterocycles. The average Bonchev–Trinajstić information content (AvgIpc) is 2.81. The van der Waals surface area contributed by atoms with Crippen molar-refractivity contribution in [2.75, 3.05) is 7.11 Å². The van der Waals surface area contributed by atoms with Gasteiger partial charge in [0, 0.05) is 7.05 Å². The van der Waals surface area contributed by atoms with E-state index in [-0.39, 0.29) is 10.2 Å². The van der Waals surface area contributed by atoms with E-state index in [1.807, 2.05) is 5.10 Å². The molecule has 2 rings (SSSR count). The maximum Gasteiger partial charge on any atom is 0.358 e. The Bertz CT molecular complexity index is 1030. The molecule has 0 spiro atoms. The molecule has 0 aliphatic heterocycles. The van der Waals surface area contributed by atoms with Crippen LogP contribution in [0.4, 0.5) is 4.79 Å². The molecule has 0 aliphatic carbocycles. The minimum atomic E-state index is -4.51. The van der Waals surface area contributed by atoms with E-state index in [0.29, 0.717) is 4.57 Å². The number of esters is 1. The number of methoxy groups -OCH3 is 1. The van der Waals surface area contributed by atoms with Crippen molar-refractivity contribution in [3.05, 3.63) is 50.8 Å². The van der Waals surface area contributed by atoms with Crippen LogP contribution in [0.5, 0.6) is 0 Å². The van der Waals surface area contributed by atoms with Gasteiger partial charge in [0.1, 0.15) is 4.90 Å². The van der Waals surface area contributed by atoms with Crippen molar-refractivity contribution in [3.63, 3.8) is 0 Å². The highest BCUT2D eigenvalue weighted by molar-refractivity contribution is 7.90. The Morgan fingerprint density at radius 3 is 2.38 bits per heavy atom. The SMILES string of the molecule is COC(=O)c1ccccc1S(=O)(=O)NC(=O)n1[nH]c(=O)n(C)c1=O. The van der Waals surface area contributed by atoms with Crippen molar-refractivity contribution >= 4 is 22.0 Å². The molecule has 0 unspecified atom stereocenters. The number of carbonyl (C=O) groups is 2. The molecule has 12 heteroatoms. The van der Waals surface area contributed by atoms with Gasteiger partial charge in [0.25, 0.3) is 10.0 Å². The highest BCUT2D eigenvalue weighted by Gasteiger charge is 2.26. The number of amides is 1. The number of carbonyl (C=O) groups excluding carboxylic acids is 2. The first kappa shape index (κ1) is 17.2. The summed E-state index contributed by atoms with van der Waals surface area (Å²) in [4.78, 5) is 46.0. The Balaban J connectivity index is 2.44. The molecule has 24 heavy (non-hydrogen) atoms. The third kappa shape index (κ3) is 2.99. The van der Waals surface area contributed by atoms with Crippen LogP contribution >= 0.6 is 0 Å². The fraction of sp³-hybridized carbons (Fsp3) is 0.167. The maximum absolute atomic E-state index is 12.3. The maximum atomic E-state index is 12.3. The van der Waals surface area contributed by atoms with Crippen molar-refractivity contribution in [3.8, 4) is 0 Å². The first-order valence-corrected chi connectivity index (χ1v) is 7.80.